The van der Waals surface area contributed by atoms with Gasteiger partial charge in [0.2, 0.25) is 10.0 Å². The van der Waals surface area contributed by atoms with Gasteiger partial charge < -0.3 is 4.74 Å². The Labute approximate surface area is 118 Å². The molecule has 2 rings (SSSR count). The van der Waals surface area contributed by atoms with Crippen LogP contribution in [-0.4, -0.2) is 24.8 Å². The fourth-order valence-electron chi connectivity index (χ4n) is 1.86. The van der Waals surface area contributed by atoms with E-state index < -0.39 is 10.0 Å². The molecule has 108 valence electrons. The summed E-state index contributed by atoms with van der Waals surface area (Å²) < 4.78 is 29.7. The molecule has 0 unspecified atom stereocenters. The molecule has 0 atom stereocenters. The molecule has 1 aromatic heterocycles. The molecular weight excluding hydrogens is 278 g/mol. The van der Waals surface area contributed by atoms with Gasteiger partial charge in [-0.15, -0.1) is 0 Å². The maximum absolute atomic E-state index is 11.3. The zero-order chi connectivity index (χ0) is 14.6. The lowest BCUT2D eigenvalue weighted by atomic mass is 10.3. The molecule has 0 aliphatic rings. The second-order valence-corrected chi connectivity index (χ2v) is 5.91. The van der Waals surface area contributed by atoms with Crippen molar-refractivity contribution < 1.29 is 13.2 Å². The Bertz CT molecular complexity index is 665. The van der Waals surface area contributed by atoms with Gasteiger partial charge in [-0.1, -0.05) is 18.2 Å². The lowest BCUT2D eigenvalue weighted by Crippen LogP contribution is -2.14. The van der Waals surface area contributed by atoms with Crippen molar-refractivity contribution in [3.05, 3.63) is 42.2 Å². The second kappa shape index (κ2) is 6.06. The van der Waals surface area contributed by atoms with Crippen LogP contribution in [0.3, 0.4) is 0 Å². The standard InChI is InChI=1S/C13H17N3O3S/c1-11-13(20(14,17)18)10-15-16(11)8-5-9-19-12-6-3-2-4-7-12/h2-4,6-7,10H,5,8-9H2,1H3,(H2,14,17,18). The summed E-state index contributed by atoms with van der Waals surface area (Å²) in [6.07, 6.45) is 2.00. The molecule has 20 heavy (non-hydrogen) atoms. The normalized spacial score (nSPS) is 11.5. The largest absolute Gasteiger partial charge is 0.494 e. The number of nitrogens with zero attached hydrogens (tertiary/aromatic N) is 2. The summed E-state index contributed by atoms with van der Waals surface area (Å²) in [6.45, 7) is 2.80. The number of primary sulfonamides is 1. The van der Waals surface area contributed by atoms with Gasteiger partial charge in [-0.05, 0) is 19.1 Å². The van der Waals surface area contributed by atoms with Crippen LogP contribution in [0, 0.1) is 6.92 Å². The summed E-state index contributed by atoms with van der Waals surface area (Å²) in [5, 5.41) is 9.12. The molecule has 0 saturated heterocycles. The molecule has 0 amide bonds. The number of benzene rings is 1. The van der Waals surface area contributed by atoms with E-state index in [4.69, 9.17) is 9.88 Å². The zero-order valence-corrected chi connectivity index (χ0v) is 12.0. The van der Waals surface area contributed by atoms with Crippen LogP contribution in [0.1, 0.15) is 12.1 Å². The number of aryl methyl sites for hydroxylation is 1. The first kappa shape index (κ1) is 14.5. The first-order chi connectivity index (χ1) is 9.48. The number of hydrogen-bond acceptors (Lipinski definition) is 4. The average Bonchev–Trinajstić information content (AvgIpc) is 2.77. The highest BCUT2D eigenvalue weighted by Gasteiger charge is 2.15. The van der Waals surface area contributed by atoms with Crippen molar-refractivity contribution in [2.45, 2.75) is 24.8 Å². The van der Waals surface area contributed by atoms with Crippen molar-refractivity contribution in [1.29, 1.82) is 0 Å². The van der Waals surface area contributed by atoms with Gasteiger partial charge in [-0.3, -0.25) is 4.68 Å². The molecule has 0 aliphatic carbocycles. The fourth-order valence-corrected chi connectivity index (χ4v) is 2.57. The average molecular weight is 295 g/mol. The number of nitrogens with two attached hydrogens (primary N) is 1. The quantitative estimate of drug-likeness (QED) is 0.814. The predicted octanol–water partition coefficient (Wildman–Crippen LogP) is 1.31. The minimum Gasteiger partial charge on any atom is -0.494 e. The van der Waals surface area contributed by atoms with Gasteiger partial charge in [0.1, 0.15) is 10.6 Å². The molecular formula is C13H17N3O3S. The number of ether oxygens (including phenoxy) is 1. The molecule has 7 heteroatoms. The van der Waals surface area contributed by atoms with Gasteiger partial charge in [0.15, 0.2) is 0 Å². The second-order valence-electron chi connectivity index (χ2n) is 4.38. The molecule has 0 bridgehead atoms. The summed E-state index contributed by atoms with van der Waals surface area (Å²) in [5.41, 5.74) is 0.548. The maximum Gasteiger partial charge on any atom is 0.241 e. The molecule has 2 aromatic rings. The molecule has 1 aromatic carbocycles. The highest BCUT2D eigenvalue weighted by Crippen LogP contribution is 2.13. The van der Waals surface area contributed by atoms with Crippen molar-refractivity contribution in [2.24, 2.45) is 5.14 Å². The molecule has 0 fully saturated rings. The van der Waals surface area contributed by atoms with Gasteiger partial charge in [0, 0.05) is 13.0 Å². The van der Waals surface area contributed by atoms with Crippen molar-refractivity contribution in [2.75, 3.05) is 6.61 Å². The van der Waals surface area contributed by atoms with E-state index in [1.165, 1.54) is 6.20 Å². The first-order valence-electron chi connectivity index (χ1n) is 6.21. The van der Waals surface area contributed by atoms with Crippen LogP contribution in [0.15, 0.2) is 41.4 Å². The lowest BCUT2D eigenvalue weighted by molar-refractivity contribution is 0.298. The maximum atomic E-state index is 11.3. The van der Waals surface area contributed by atoms with Crippen LogP contribution in [0.25, 0.3) is 0 Å². The van der Waals surface area contributed by atoms with Crippen LogP contribution >= 0.6 is 0 Å². The van der Waals surface area contributed by atoms with Crippen molar-refractivity contribution in [3.63, 3.8) is 0 Å². The van der Waals surface area contributed by atoms with Crippen molar-refractivity contribution in [3.8, 4) is 5.75 Å². The fraction of sp³-hybridized carbons (Fsp3) is 0.308. The summed E-state index contributed by atoms with van der Waals surface area (Å²) in [4.78, 5) is 0.0708. The first-order valence-corrected chi connectivity index (χ1v) is 7.76. The zero-order valence-electron chi connectivity index (χ0n) is 11.2. The van der Waals surface area contributed by atoms with Crippen LogP contribution in [0.4, 0.5) is 0 Å². The molecule has 0 radical (unpaired) electrons. The molecule has 1 heterocycles. The lowest BCUT2D eigenvalue weighted by Gasteiger charge is -2.07. The third-order valence-electron chi connectivity index (χ3n) is 2.89. The topological polar surface area (TPSA) is 87.2 Å². The predicted molar refractivity (Wildman–Crippen MR) is 74.9 cm³/mol. The van der Waals surface area contributed by atoms with Gasteiger partial charge in [-0.2, -0.15) is 5.10 Å². The van der Waals surface area contributed by atoms with Gasteiger partial charge in [0.25, 0.3) is 0 Å². The Morgan fingerprint density at radius 1 is 1.30 bits per heavy atom. The monoisotopic (exact) mass is 295 g/mol. The van der Waals surface area contributed by atoms with E-state index in [2.05, 4.69) is 5.10 Å². The van der Waals surface area contributed by atoms with E-state index in [-0.39, 0.29) is 4.90 Å². The summed E-state index contributed by atoms with van der Waals surface area (Å²) in [6, 6.07) is 9.52. The van der Waals surface area contributed by atoms with Gasteiger partial charge in [0.05, 0.1) is 18.5 Å². The van der Waals surface area contributed by atoms with Gasteiger partial charge >= 0.3 is 0 Å². The minimum atomic E-state index is -3.70. The smallest absolute Gasteiger partial charge is 0.241 e. The van der Waals surface area contributed by atoms with Crippen molar-refractivity contribution in [1.82, 2.24) is 9.78 Å². The SMILES string of the molecule is Cc1c(S(N)(=O)=O)cnn1CCCOc1ccccc1. The van der Waals surface area contributed by atoms with Crippen LogP contribution < -0.4 is 9.88 Å². The van der Waals surface area contributed by atoms with E-state index in [0.717, 1.165) is 12.2 Å². The Balaban J connectivity index is 1.88. The van der Waals surface area contributed by atoms with Gasteiger partial charge in [-0.25, -0.2) is 13.6 Å². The summed E-state index contributed by atoms with van der Waals surface area (Å²) >= 11 is 0. The molecule has 0 saturated carbocycles. The highest BCUT2D eigenvalue weighted by molar-refractivity contribution is 7.89. The molecule has 6 nitrogen and oxygen atoms in total. The van der Waals surface area contributed by atoms with Crippen molar-refractivity contribution >= 4 is 10.0 Å². The van der Waals surface area contributed by atoms with E-state index in [9.17, 15) is 8.42 Å². The van der Waals surface area contributed by atoms with Crippen LogP contribution in [-0.2, 0) is 16.6 Å². The minimum absolute atomic E-state index is 0.0708. The summed E-state index contributed by atoms with van der Waals surface area (Å²) in [5.74, 6) is 0.815. The number of hydrogen-bond donors (Lipinski definition) is 1. The molecule has 0 spiro atoms. The highest BCUT2D eigenvalue weighted by atomic mass is 32.2. The Hall–Kier alpha value is -1.86. The Morgan fingerprint density at radius 3 is 2.60 bits per heavy atom. The third kappa shape index (κ3) is 3.58. The van der Waals surface area contributed by atoms with Crippen LogP contribution in [0.5, 0.6) is 5.75 Å². The van der Waals surface area contributed by atoms with E-state index in [0.29, 0.717) is 18.8 Å². The number of sulfonamides is 1. The van der Waals surface area contributed by atoms with Crippen LogP contribution in [0.2, 0.25) is 0 Å². The molecule has 0 aliphatic heterocycles. The van der Waals surface area contributed by atoms with E-state index in [1.54, 1.807) is 11.6 Å². The van der Waals surface area contributed by atoms with E-state index in [1.807, 2.05) is 30.3 Å². The third-order valence-corrected chi connectivity index (χ3v) is 3.90. The number of rotatable bonds is 6. The van der Waals surface area contributed by atoms with E-state index >= 15 is 0 Å². The number of para-hydroxylation sites is 1. The Morgan fingerprint density at radius 2 is 2.00 bits per heavy atom. The summed E-state index contributed by atoms with van der Waals surface area (Å²) in [7, 11) is -3.70. The Kier molecular flexibility index (Phi) is 4.41. The number of aromatic nitrogens is 2. The molecule has 2 N–H and O–H groups in total.